The van der Waals surface area contributed by atoms with Gasteiger partial charge in [0.2, 0.25) is 0 Å². The molecule has 10 rings (SSSR count). The molecule has 0 aliphatic rings. The molecule has 7 aromatic carbocycles. The minimum absolute atomic E-state index is 0.724. The molecule has 0 N–H and O–H groups in total. The molecule has 3 aromatic heterocycles. The molecule has 0 aliphatic heterocycles. The van der Waals surface area contributed by atoms with Gasteiger partial charge in [0, 0.05) is 37.7 Å². The summed E-state index contributed by atoms with van der Waals surface area (Å²) in [7, 11) is 0. The predicted molar refractivity (Wildman–Crippen MR) is 211 cm³/mol. The van der Waals surface area contributed by atoms with Crippen LogP contribution < -0.4 is 0 Å². The number of rotatable bonds is 5. The first-order chi connectivity index (χ1) is 24.8. The van der Waals surface area contributed by atoms with Gasteiger partial charge in [-0.3, -0.25) is 0 Å². The quantitative estimate of drug-likeness (QED) is 0.185. The molecule has 3 heterocycles. The minimum atomic E-state index is 0.724. The Bertz CT molecular complexity index is 2830. The van der Waals surface area contributed by atoms with Gasteiger partial charge in [-0.25, -0.2) is 9.97 Å². The fourth-order valence-corrected chi connectivity index (χ4v) is 8.41. The average molecular weight is 656 g/mol. The predicted octanol–water partition coefficient (Wildman–Crippen LogP) is 12.6. The third kappa shape index (κ3) is 4.73. The van der Waals surface area contributed by atoms with E-state index in [-0.39, 0.29) is 0 Å². The molecular weight excluding hydrogens is 627 g/mol. The summed E-state index contributed by atoms with van der Waals surface area (Å²) < 4.78 is 4.69. The number of benzene rings is 7. The lowest BCUT2D eigenvalue weighted by atomic mass is 10.0. The summed E-state index contributed by atoms with van der Waals surface area (Å²) in [6, 6.07) is 62.5. The number of hydrogen-bond donors (Lipinski definition) is 0. The molecule has 0 aliphatic carbocycles. The molecule has 0 spiro atoms. The van der Waals surface area contributed by atoms with Gasteiger partial charge in [-0.2, -0.15) is 0 Å². The Morgan fingerprint density at radius 3 is 1.70 bits per heavy atom. The zero-order valence-electron chi connectivity index (χ0n) is 27.0. The Kier molecular flexibility index (Phi) is 6.68. The number of aromatic nitrogens is 3. The zero-order chi connectivity index (χ0) is 33.0. The first-order valence-electron chi connectivity index (χ1n) is 16.8. The average Bonchev–Trinajstić information content (AvgIpc) is 3.74. The van der Waals surface area contributed by atoms with Gasteiger partial charge in [-0.15, -0.1) is 11.3 Å². The Labute approximate surface area is 293 Å². The van der Waals surface area contributed by atoms with Crippen LogP contribution in [0.5, 0.6) is 0 Å². The molecule has 4 heteroatoms. The van der Waals surface area contributed by atoms with Crippen LogP contribution in [0.3, 0.4) is 0 Å². The van der Waals surface area contributed by atoms with Crippen molar-refractivity contribution in [1.29, 1.82) is 0 Å². The summed E-state index contributed by atoms with van der Waals surface area (Å²) in [5, 5.41) is 3.68. The highest BCUT2D eigenvalue weighted by atomic mass is 32.1. The lowest BCUT2D eigenvalue weighted by Gasteiger charge is -2.12. The summed E-state index contributed by atoms with van der Waals surface area (Å²) in [5.41, 5.74) is 12.2. The van der Waals surface area contributed by atoms with Crippen LogP contribution in [0.25, 0.3) is 92.7 Å². The molecule has 0 saturated carbocycles. The molecule has 50 heavy (non-hydrogen) atoms. The zero-order valence-corrected chi connectivity index (χ0v) is 27.8. The molecule has 0 radical (unpaired) electrons. The van der Waals surface area contributed by atoms with Gasteiger partial charge in [-0.1, -0.05) is 133 Å². The molecular formula is C46H29N3S. The summed E-state index contributed by atoms with van der Waals surface area (Å²) in [4.78, 5) is 10.6. The van der Waals surface area contributed by atoms with E-state index >= 15 is 0 Å². The summed E-state index contributed by atoms with van der Waals surface area (Å²) in [6.07, 6.45) is 0. The van der Waals surface area contributed by atoms with Crippen LogP contribution in [0.4, 0.5) is 0 Å². The minimum Gasteiger partial charge on any atom is -0.309 e. The smallest absolute Gasteiger partial charge is 0.160 e. The van der Waals surface area contributed by atoms with E-state index in [1.54, 1.807) is 11.3 Å². The van der Waals surface area contributed by atoms with Crippen molar-refractivity contribution in [3.8, 4) is 50.6 Å². The van der Waals surface area contributed by atoms with Crippen molar-refractivity contribution in [2.24, 2.45) is 0 Å². The van der Waals surface area contributed by atoms with Crippen LogP contribution in [0, 0.1) is 0 Å². The molecule has 3 nitrogen and oxygen atoms in total. The van der Waals surface area contributed by atoms with Crippen molar-refractivity contribution >= 4 is 53.4 Å². The Morgan fingerprint density at radius 2 is 0.940 bits per heavy atom. The molecule has 234 valence electrons. The second-order valence-electron chi connectivity index (χ2n) is 12.6. The van der Waals surface area contributed by atoms with Gasteiger partial charge in [0.05, 0.1) is 26.9 Å². The SMILES string of the molecule is c1ccc(-c2cccc(-c3nc(-c4cccc(-c5cccc(-n6c7ccccc7c7ccccc76)c5)c4)nc4c3sc3ccccc34)c2)cc1. The highest BCUT2D eigenvalue weighted by Crippen LogP contribution is 2.41. The van der Waals surface area contributed by atoms with Gasteiger partial charge in [0.15, 0.2) is 5.82 Å². The second kappa shape index (κ2) is 11.7. The third-order valence-corrected chi connectivity index (χ3v) is 10.8. The maximum absolute atomic E-state index is 5.33. The topological polar surface area (TPSA) is 30.7 Å². The molecule has 0 fully saturated rings. The standard InChI is InChI=1S/C46H29N3S/c1-2-13-30(14-3-1)31-15-10-18-34(27-31)43-45-44(39-23-6-9-26-42(39)50-45)48-46(47-43)35-19-11-16-32(28-35)33-17-12-20-36(29-33)49-40-24-7-4-21-37(40)38-22-5-8-25-41(38)49/h1-29H. The maximum Gasteiger partial charge on any atom is 0.160 e. The number of thiophene rings is 1. The van der Waals surface area contributed by atoms with Crippen LogP contribution >= 0.6 is 11.3 Å². The van der Waals surface area contributed by atoms with Crippen molar-refractivity contribution in [1.82, 2.24) is 14.5 Å². The second-order valence-corrected chi connectivity index (χ2v) is 13.7. The maximum atomic E-state index is 5.33. The summed E-state index contributed by atoms with van der Waals surface area (Å²) >= 11 is 1.76. The molecule has 10 aromatic rings. The van der Waals surface area contributed by atoms with E-state index in [1.807, 2.05) is 0 Å². The van der Waals surface area contributed by atoms with E-state index in [0.717, 1.165) is 55.1 Å². The van der Waals surface area contributed by atoms with E-state index in [1.165, 1.54) is 37.6 Å². The monoisotopic (exact) mass is 655 g/mol. The molecule has 0 atom stereocenters. The Morgan fingerprint density at radius 1 is 0.400 bits per heavy atom. The van der Waals surface area contributed by atoms with Gasteiger partial charge in [0.25, 0.3) is 0 Å². The number of para-hydroxylation sites is 2. The Balaban J connectivity index is 1.12. The summed E-state index contributed by atoms with van der Waals surface area (Å²) in [6.45, 7) is 0. The van der Waals surface area contributed by atoms with Crippen molar-refractivity contribution in [2.75, 3.05) is 0 Å². The van der Waals surface area contributed by atoms with Crippen LogP contribution in [0.1, 0.15) is 0 Å². The van der Waals surface area contributed by atoms with E-state index in [0.29, 0.717) is 0 Å². The first kappa shape index (κ1) is 28.6. The first-order valence-corrected chi connectivity index (χ1v) is 17.6. The van der Waals surface area contributed by atoms with Gasteiger partial charge in [0.1, 0.15) is 0 Å². The molecule has 0 unspecified atom stereocenters. The van der Waals surface area contributed by atoms with Crippen molar-refractivity contribution < 1.29 is 0 Å². The normalized spacial score (nSPS) is 11.6. The van der Waals surface area contributed by atoms with Crippen LogP contribution in [0.2, 0.25) is 0 Å². The van der Waals surface area contributed by atoms with Crippen LogP contribution in [-0.4, -0.2) is 14.5 Å². The highest BCUT2D eigenvalue weighted by Gasteiger charge is 2.18. The lowest BCUT2D eigenvalue weighted by molar-refractivity contribution is 1.18. The van der Waals surface area contributed by atoms with Gasteiger partial charge in [-0.05, 0) is 64.7 Å². The van der Waals surface area contributed by atoms with Crippen LogP contribution in [-0.2, 0) is 0 Å². The molecule has 0 amide bonds. The molecule has 0 bridgehead atoms. The van der Waals surface area contributed by atoms with Crippen molar-refractivity contribution in [3.63, 3.8) is 0 Å². The third-order valence-electron chi connectivity index (χ3n) is 9.60. The molecule has 0 saturated heterocycles. The number of fused-ring (bicyclic) bond motifs is 6. The Hall–Kier alpha value is -6.36. The number of nitrogens with zero attached hydrogens (tertiary/aromatic N) is 3. The van der Waals surface area contributed by atoms with E-state index in [4.69, 9.17) is 9.97 Å². The van der Waals surface area contributed by atoms with Crippen molar-refractivity contribution in [3.05, 3.63) is 176 Å². The largest absolute Gasteiger partial charge is 0.309 e. The van der Waals surface area contributed by atoms with E-state index < -0.39 is 0 Å². The summed E-state index contributed by atoms with van der Waals surface area (Å²) in [5.74, 6) is 0.724. The van der Waals surface area contributed by atoms with Crippen LogP contribution in [0.15, 0.2) is 176 Å². The fourth-order valence-electron chi connectivity index (χ4n) is 7.26. The highest BCUT2D eigenvalue weighted by molar-refractivity contribution is 7.26. The van der Waals surface area contributed by atoms with E-state index in [2.05, 4.69) is 180 Å². The van der Waals surface area contributed by atoms with Gasteiger partial charge >= 0.3 is 0 Å². The fraction of sp³-hybridized carbons (Fsp3) is 0. The number of hydrogen-bond acceptors (Lipinski definition) is 3. The van der Waals surface area contributed by atoms with Gasteiger partial charge < -0.3 is 4.57 Å². The lowest BCUT2D eigenvalue weighted by Crippen LogP contribution is -1.95. The van der Waals surface area contributed by atoms with Crippen molar-refractivity contribution in [2.45, 2.75) is 0 Å². The van der Waals surface area contributed by atoms with E-state index in [9.17, 15) is 0 Å².